The summed E-state index contributed by atoms with van der Waals surface area (Å²) in [5.41, 5.74) is 1.33. The van der Waals surface area contributed by atoms with E-state index >= 15 is 0 Å². The SMILES string of the molecule is CCCC(C)N(c1cccc2cccnc12)S(=O)(=O)c1ccccc1. The topological polar surface area (TPSA) is 50.3 Å². The van der Waals surface area contributed by atoms with E-state index in [1.807, 2.05) is 43.3 Å². The number of fused-ring (bicyclic) bond motifs is 1. The van der Waals surface area contributed by atoms with Crippen LogP contribution in [0.1, 0.15) is 26.7 Å². The van der Waals surface area contributed by atoms with Crippen molar-refractivity contribution in [2.45, 2.75) is 37.6 Å². The third-order valence-electron chi connectivity index (χ3n) is 4.26. The molecule has 1 heterocycles. The first-order valence-corrected chi connectivity index (χ1v) is 9.93. The van der Waals surface area contributed by atoms with Crippen LogP contribution in [0.25, 0.3) is 10.9 Å². The smallest absolute Gasteiger partial charge is 0.261 e. The van der Waals surface area contributed by atoms with E-state index in [1.165, 1.54) is 4.31 Å². The first kappa shape index (κ1) is 17.4. The zero-order chi connectivity index (χ0) is 17.9. The monoisotopic (exact) mass is 354 g/mol. The second-order valence-electron chi connectivity index (χ2n) is 6.10. The van der Waals surface area contributed by atoms with E-state index in [4.69, 9.17) is 0 Å². The molecule has 0 N–H and O–H groups in total. The zero-order valence-electron chi connectivity index (χ0n) is 14.5. The lowest BCUT2D eigenvalue weighted by molar-refractivity contribution is 0.569. The number of hydrogen-bond donors (Lipinski definition) is 0. The summed E-state index contributed by atoms with van der Waals surface area (Å²) < 4.78 is 28.3. The van der Waals surface area contributed by atoms with Gasteiger partial charge in [-0.2, -0.15) is 0 Å². The predicted molar refractivity (Wildman–Crippen MR) is 102 cm³/mol. The average molecular weight is 354 g/mol. The number of hydrogen-bond acceptors (Lipinski definition) is 3. The van der Waals surface area contributed by atoms with E-state index in [9.17, 15) is 8.42 Å². The third-order valence-corrected chi connectivity index (χ3v) is 6.20. The van der Waals surface area contributed by atoms with E-state index in [0.29, 0.717) is 16.1 Å². The number of rotatable bonds is 6. The predicted octanol–water partition coefficient (Wildman–Crippen LogP) is 4.62. The lowest BCUT2D eigenvalue weighted by Gasteiger charge is -2.31. The van der Waals surface area contributed by atoms with Gasteiger partial charge in [0.15, 0.2) is 0 Å². The number of sulfonamides is 1. The van der Waals surface area contributed by atoms with Crippen LogP contribution in [0, 0.1) is 0 Å². The molecular formula is C20H22N2O2S. The van der Waals surface area contributed by atoms with E-state index in [-0.39, 0.29) is 6.04 Å². The van der Waals surface area contributed by atoms with Crippen molar-refractivity contribution in [1.82, 2.24) is 4.98 Å². The van der Waals surface area contributed by atoms with Crippen molar-refractivity contribution in [2.24, 2.45) is 0 Å². The van der Waals surface area contributed by atoms with E-state index < -0.39 is 10.0 Å². The van der Waals surface area contributed by atoms with Crippen molar-refractivity contribution in [1.29, 1.82) is 0 Å². The van der Waals surface area contributed by atoms with Crippen molar-refractivity contribution in [3.05, 3.63) is 66.9 Å². The van der Waals surface area contributed by atoms with Gasteiger partial charge in [0, 0.05) is 17.6 Å². The highest BCUT2D eigenvalue weighted by molar-refractivity contribution is 7.92. The Morgan fingerprint density at radius 2 is 1.72 bits per heavy atom. The molecule has 1 aromatic heterocycles. The normalized spacial score (nSPS) is 12.9. The molecule has 0 aliphatic carbocycles. The lowest BCUT2D eigenvalue weighted by atomic mass is 10.1. The van der Waals surface area contributed by atoms with Crippen LogP contribution in [-0.2, 0) is 10.0 Å². The number of pyridine rings is 1. The van der Waals surface area contributed by atoms with Crippen LogP contribution in [0.3, 0.4) is 0 Å². The first-order valence-electron chi connectivity index (χ1n) is 8.49. The molecule has 0 saturated carbocycles. The van der Waals surface area contributed by atoms with Gasteiger partial charge >= 0.3 is 0 Å². The summed E-state index contributed by atoms with van der Waals surface area (Å²) in [7, 11) is -3.67. The van der Waals surface area contributed by atoms with Crippen molar-refractivity contribution < 1.29 is 8.42 Å². The second kappa shape index (κ2) is 7.23. The van der Waals surface area contributed by atoms with Crippen molar-refractivity contribution in [2.75, 3.05) is 4.31 Å². The Labute approximate surface area is 149 Å². The molecule has 5 heteroatoms. The molecule has 3 rings (SSSR count). The fourth-order valence-corrected chi connectivity index (χ4v) is 4.82. The molecule has 3 aromatic rings. The molecule has 0 radical (unpaired) electrons. The largest absolute Gasteiger partial charge is 0.264 e. The summed E-state index contributed by atoms with van der Waals surface area (Å²) in [5, 5.41) is 0.928. The minimum atomic E-state index is -3.67. The highest BCUT2D eigenvalue weighted by atomic mass is 32.2. The second-order valence-corrected chi connectivity index (χ2v) is 7.92. The minimum Gasteiger partial charge on any atom is -0.261 e. The molecule has 2 aromatic carbocycles. The van der Waals surface area contributed by atoms with Gasteiger partial charge in [-0.1, -0.05) is 49.7 Å². The maximum absolute atomic E-state index is 13.4. The number of para-hydroxylation sites is 1. The molecule has 1 unspecified atom stereocenters. The van der Waals surface area contributed by atoms with Gasteiger partial charge in [-0.15, -0.1) is 0 Å². The fourth-order valence-electron chi connectivity index (χ4n) is 3.11. The van der Waals surface area contributed by atoms with Crippen LogP contribution >= 0.6 is 0 Å². The van der Waals surface area contributed by atoms with E-state index in [0.717, 1.165) is 18.2 Å². The molecule has 0 amide bonds. The number of aromatic nitrogens is 1. The van der Waals surface area contributed by atoms with Gasteiger partial charge in [0.05, 0.1) is 16.1 Å². The first-order chi connectivity index (χ1) is 12.1. The van der Waals surface area contributed by atoms with Gasteiger partial charge < -0.3 is 0 Å². The molecule has 0 bridgehead atoms. The van der Waals surface area contributed by atoms with Gasteiger partial charge in [-0.3, -0.25) is 9.29 Å². The van der Waals surface area contributed by atoms with E-state index in [2.05, 4.69) is 11.9 Å². The lowest BCUT2D eigenvalue weighted by Crippen LogP contribution is -2.39. The average Bonchev–Trinajstić information content (AvgIpc) is 2.63. The summed E-state index contributed by atoms with van der Waals surface area (Å²) in [4.78, 5) is 4.74. The van der Waals surface area contributed by atoms with Gasteiger partial charge in [-0.05, 0) is 37.6 Å². The molecule has 0 aliphatic rings. The van der Waals surface area contributed by atoms with Crippen LogP contribution in [-0.4, -0.2) is 19.4 Å². The Morgan fingerprint density at radius 3 is 2.44 bits per heavy atom. The molecular weight excluding hydrogens is 332 g/mol. The van der Waals surface area contributed by atoms with Crippen LogP contribution in [0.15, 0.2) is 71.8 Å². The van der Waals surface area contributed by atoms with Crippen molar-refractivity contribution in [3.63, 3.8) is 0 Å². The molecule has 4 nitrogen and oxygen atoms in total. The molecule has 130 valence electrons. The molecule has 0 saturated heterocycles. The molecule has 0 fully saturated rings. The Bertz CT molecular complexity index is 950. The number of benzene rings is 2. The standard InChI is InChI=1S/C20H22N2O2S/c1-3-9-16(2)22(25(23,24)18-12-5-4-6-13-18)19-14-7-10-17-11-8-15-21-20(17)19/h4-8,10-16H,3,9H2,1-2H3. The summed E-state index contributed by atoms with van der Waals surface area (Å²) in [6, 6.07) is 17.9. The molecule has 0 spiro atoms. The Morgan fingerprint density at radius 1 is 1.00 bits per heavy atom. The minimum absolute atomic E-state index is 0.164. The fraction of sp³-hybridized carbons (Fsp3) is 0.250. The van der Waals surface area contributed by atoms with Crippen molar-refractivity contribution in [3.8, 4) is 0 Å². The maximum atomic E-state index is 13.4. The van der Waals surface area contributed by atoms with Gasteiger partial charge in [0.1, 0.15) is 0 Å². The quantitative estimate of drug-likeness (QED) is 0.649. The summed E-state index contributed by atoms with van der Waals surface area (Å²) >= 11 is 0. The van der Waals surface area contributed by atoms with E-state index in [1.54, 1.807) is 30.5 Å². The van der Waals surface area contributed by atoms with Crippen LogP contribution in [0.4, 0.5) is 5.69 Å². The number of anilines is 1. The van der Waals surface area contributed by atoms with Crippen LogP contribution < -0.4 is 4.31 Å². The van der Waals surface area contributed by atoms with Gasteiger partial charge in [0.25, 0.3) is 10.0 Å². The van der Waals surface area contributed by atoms with Crippen molar-refractivity contribution >= 4 is 26.6 Å². The Hall–Kier alpha value is -2.40. The van der Waals surface area contributed by atoms with Gasteiger partial charge in [0.2, 0.25) is 0 Å². The van der Waals surface area contributed by atoms with Crippen LogP contribution in [0.2, 0.25) is 0 Å². The Balaban J connectivity index is 2.22. The molecule has 0 aliphatic heterocycles. The Kier molecular flexibility index (Phi) is 5.04. The molecule has 1 atom stereocenters. The zero-order valence-corrected chi connectivity index (χ0v) is 15.3. The highest BCUT2D eigenvalue weighted by Gasteiger charge is 2.30. The third kappa shape index (κ3) is 3.37. The number of nitrogens with zero attached hydrogens (tertiary/aromatic N) is 2. The van der Waals surface area contributed by atoms with Gasteiger partial charge in [-0.25, -0.2) is 8.42 Å². The summed E-state index contributed by atoms with van der Waals surface area (Å²) in [6.07, 6.45) is 3.37. The summed E-state index contributed by atoms with van der Waals surface area (Å²) in [6.45, 7) is 4.01. The maximum Gasteiger partial charge on any atom is 0.264 e. The highest BCUT2D eigenvalue weighted by Crippen LogP contribution is 2.32. The summed E-state index contributed by atoms with van der Waals surface area (Å²) in [5.74, 6) is 0. The van der Waals surface area contributed by atoms with Crippen LogP contribution in [0.5, 0.6) is 0 Å². The molecule has 25 heavy (non-hydrogen) atoms.